The average molecular weight is 298 g/mol. The van der Waals surface area contributed by atoms with Crippen LogP contribution in [0.25, 0.3) is 0 Å². The maximum atomic E-state index is 12.2. The van der Waals surface area contributed by atoms with Crippen LogP contribution in [0.1, 0.15) is 5.56 Å². The van der Waals surface area contributed by atoms with E-state index in [-0.39, 0.29) is 5.91 Å². The van der Waals surface area contributed by atoms with Crippen molar-refractivity contribution in [1.82, 2.24) is 0 Å². The second-order valence-electron chi connectivity index (χ2n) is 5.14. The highest BCUT2D eigenvalue weighted by Crippen LogP contribution is 2.32. The summed E-state index contributed by atoms with van der Waals surface area (Å²) >= 11 is 0. The van der Waals surface area contributed by atoms with Crippen molar-refractivity contribution < 1.29 is 14.3 Å². The molecule has 0 aromatic heterocycles. The number of hydrogen-bond acceptors (Lipinski definition) is 4. The van der Waals surface area contributed by atoms with Crippen LogP contribution in [-0.4, -0.2) is 25.2 Å². The molecule has 0 saturated carbocycles. The van der Waals surface area contributed by atoms with Crippen LogP contribution in [0, 0.1) is 0 Å². The Morgan fingerprint density at radius 3 is 2.59 bits per heavy atom. The number of ether oxygens (including phenoxy) is 2. The molecule has 1 aliphatic heterocycles. The van der Waals surface area contributed by atoms with Crippen molar-refractivity contribution in [2.75, 3.05) is 18.5 Å². The van der Waals surface area contributed by atoms with Gasteiger partial charge in [-0.25, -0.2) is 0 Å². The summed E-state index contributed by atoms with van der Waals surface area (Å²) in [5.74, 6) is 1.11. The molecule has 2 aromatic carbocycles. The number of hydrogen-bond donors (Lipinski definition) is 2. The van der Waals surface area contributed by atoms with E-state index in [1.54, 1.807) is 18.2 Å². The fraction of sp³-hybridized carbons (Fsp3) is 0.235. The highest BCUT2D eigenvalue weighted by molar-refractivity contribution is 5.95. The van der Waals surface area contributed by atoms with Crippen molar-refractivity contribution in [2.24, 2.45) is 5.73 Å². The molecule has 1 aliphatic rings. The summed E-state index contributed by atoms with van der Waals surface area (Å²) in [6.45, 7) is 1.05. The first kappa shape index (κ1) is 14.4. The van der Waals surface area contributed by atoms with Gasteiger partial charge in [-0.3, -0.25) is 4.79 Å². The van der Waals surface area contributed by atoms with Crippen LogP contribution in [0.2, 0.25) is 0 Å². The van der Waals surface area contributed by atoms with E-state index < -0.39 is 6.04 Å². The highest BCUT2D eigenvalue weighted by Gasteiger charge is 2.16. The maximum Gasteiger partial charge on any atom is 0.241 e. The molecule has 114 valence electrons. The molecule has 22 heavy (non-hydrogen) atoms. The van der Waals surface area contributed by atoms with Crippen LogP contribution in [-0.2, 0) is 11.2 Å². The van der Waals surface area contributed by atoms with E-state index in [0.29, 0.717) is 36.8 Å². The van der Waals surface area contributed by atoms with Crippen molar-refractivity contribution in [3.63, 3.8) is 0 Å². The molecule has 0 radical (unpaired) electrons. The zero-order valence-electron chi connectivity index (χ0n) is 12.1. The topological polar surface area (TPSA) is 73.6 Å². The number of carbonyl (C=O) groups excluding carboxylic acids is 1. The van der Waals surface area contributed by atoms with Gasteiger partial charge in [-0.05, 0) is 24.1 Å². The molecular formula is C17H18N2O3. The lowest BCUT2D eigenvalue weighted by atomic mass is 10.1. The van der Waals surface area contributed by atoms with Crippen molar-refractivity contribution in [3.8, 4) is 11.5 Å². The molecule has 0 spiro atoms. The van der Waals surface area contributed by atoms with Crippen molar-refractivity contribution >= 4 is 11.6 Å². The van der Waals surface area contributed by atoms with E-state index in [1.165, 1.54) is 0 Å². The number of fused-ring (bicyclic) bond motifs is 1. The fourth-order valence-corrected chi connectivity index (χ4v) is 2.32. The summed E-state index contributed by atoms with van der Waals surface area (Å²) in [5, 5.41) is 2.81. The predicted molar refractivity (Wildman–Crippen MR) is 84.2 cm³/mol. The van der Waals surface area contributed by atoms with Crippen molar-refractivity contribution in [2.45, 2.75) is 12.5 Å². The Hall–Kier alpha value is -2.53. The first-order valence-electron chi connectivity index (χ1n) is 7.22. The number of nitrogens with two attached hydrogens (primary N) is 1. The molecule has 1 atom stereocenters. The standard InChI is InChI=1S/C17H18N2O3/c18-14(10-12-4-2-1-3-5-12)17(20)19-13-6-7-15-16(11-13)22-9-8-21-15/h1-7,11,14H,8-10,18H2,(H,19,20). The summed E-state index contributed by atoms with van der Waals surface area (Å²) in [5.41, 5.74) is 7.65. The minimum Gasteiger partial charge on any atom is -0.486 e. The third-order valence-corrected chi connectivity index (χ3v) is 3.44. The molecule has 0 saturated heterocycles. The van der Waals surface area contributed by atoms with Gasteiger partial charge in [0.25, 0.3) is 0 Å². The Morgan fingerprint density at radius 2 is 1.82 bits per heavy atom. The molecule has 0 aliphatic carbocycles. The lowest BCUT2D eigenvalue weighted by molar-refractivity contribution is -0.117. The second-order valence-corrected chi connectivity index (χ2v) is 5.14. The van der Waals surface area contributed by atoms with Gasteiger partial charge in [0.05, 0.1) is 6.04 Å². The van der Waals surface area contributed by atoms with E-state index in [2.05, 4.69) is 5.32 Å². The van der Waals surface area contributed by atoms with Crippen LogP contribution < -0.4 is 20.5 Å². The number of amides is 1. The van der Waals surface area contributed by atoms with Gasteiger partial charge in [0.2, 0.25) is 5.91 Å². The Morgan fingerprint density at radius 1 is 1.09 bits per heavy atom. The molecule has 5 heteroatoms. The number of anilines is 1. The average Bonchev–Trinajstić information content (AvgIpc) is 2.55. The predicted octanol–water partition coefficient (Wildman–Crippen LogP) is 1.97. The van der Waals surface area contributed by atoms with Crippen LogP contribution in [0.3, 0.4) is 0 Å². The molecule has 3 rings (SSSR count). The first-order valence-corrected chi connectivity index (χ1v) is 7.22. The molecule has 1 unspecified atom stereocenters. The zero-order valence-corrected chi connectivity index (χ0v) is 12.1. The van der Waals surface area contributed by atoms with E-state index in [1.807, 2.05) is 30.3 Å². The van der Waals surface area contributed by atoms with Crippen molar-refractivity contribution in [1.29, 1.82) is 0 Å². The minimum atomic E-state index is -0.601. The lowest BCUT2D eigenvalue weighted by Crippen LogP contribution is -2.37. The molecule has 2 aromatic rings. The second kappa shape index (κ2) is 6.49. The molecule has 1 heterocycles. The van der Waals surface area contributed by atoms with E-state index in [9.17, 15) is 4.79 Å². The third kappa shape index (κ3) is 3.38. The summed E-state index contributed by atoms with van der Waals surface area (Å²) in [4.78, 5) is 12.2. The highest BCUT2D eigenvalue weighted by atomic mass is 16.6. The van der Waals surface area contributed by atoms with Gasteiger partial charge in [0.1, 0.15) is 13.2 Å². The monoisotopic (exact) mass is 298 g/mol. The first-order chi connectivity index (χ1) is 10.7. The Kier molecular flexibility index (Phi) is 4.25. The van der Waals surface area contributed by atoms with E-state index in [0.717, 1.165) is 5.56 Å². The Labute approximate surface area is 129 Å². The van der Waals surface area contributed by atoms with Crippen LogP contribution in [0.5, 0.6) is 11.5 Å². The number of rotatable bonds is 4. The molecule has 3 N–H and O–H groups in total. The van der Waals surface area contributed by atoms with Crippen LogP contribution >= 0.6 is 0 Å². The smallest absolute Gasteiger partial charge is 0.241 e. The molecular weight excluding hydrogens is 280 g/mol. The van der Waals surface area contributed by atoms with Gasteiger partial charge in [0.15, 0.2) is 11.5 Å². The molecule has 0 bridgehead atoms. The van der Waals surface area contributed by atoms with Crippen LogP contribution in [0.4, 0.5) is 5.69 Å². The summed E-state index contributed by atoms with van der Waals surface area (Å²) < 4.78 is 10.9. The molecule has 0 fully saturated rings. The van der Waals surface area contributed by atoms with Gasteiger partial charge in [-0.15, -0.1) is 0 Å². The Bertz CT molecular complexity index is 658. The molecule has 1 amide bonds. The number of carbonyl (C=O) groups is 1. The van der Waals surface area contributed by atoms with E-state index in [4.69, 9.17) is 15.2 Å². The summed E-state index contributed by atoms with van der Waals surface area (Å²) in [7, 11) is 0. The van der Waals surface area contributed by atoms with Gasteiger partial charge in [-0.2, -0.15) is 0 Å². The quantitative estimate of drug-likeness (QED) is 0.905. The Balaban J connectivity index is 1.63. The summed E-state index contributed by atoms with van der Waals surface area (Å²) in [6, 6.07) is 14.4. The number of nitrogens with one attached hydrogen (secondary N) is 1. The summed E-state index contributed by atoms with van der Waals surface area (Å²) in [6.07, 6.45) is 0.497. The molecule has 5 nitrogen and oxygen atoms in total. The number of benzene rings is 2. The van der Waals surface area contributed by atoms with Gasteiger partial charge < -0.3 is 20.5 Å². The zero-order chi connectivity index (χ0) is 15.4. The fourth-order valence-electron chi connectivity index (χ4n) is 2.32. The van der Waals surface area contributed by atoms with Crippen molar-refractivity contribution in [3.05, 3.63) is 54.1 Å². The lowest BCUT2D eigenvalue weighted by Gasteiger charge is -2.19. The van der Waals surface area contributed by atoms with Gasteiger partial charge in [-0.1, -0.05) is 30.3 Å². The van der Waals surface area contributed by atoms with Crippen LogP contribution in [0.15, 0.2) is 48.5 Å². The minimum absolute atomic E-state index is 0.222. The van der Waals surface area contributed by atoms with Gasteiger partial charge in [0, 0.05) is 11.8 Å². The normalized spacial score (nSPS) is 14.2. The largest absolute Gasteiger partial charge is 0.486 e. The maximum absolute atomic E-state index is 12.2. The third-order valence-electron chi connectivity index (χ3n) is 3.44. The van der Waals surface area contributed by atoms with E-state index >= 15 is 0 Å². The van der Waals surface area contributed by atoms with Gasteiger partial charge >= 0.3 is 0 Å². The SMILES string of the molecule is NC(Cc1ccccc1)C(=O)Nc1ccc2c(c1)OCCO2.